The van der Waals surface area contributed by atoms with Crippen LogP contribution in [0.5, 0.6) is 5.75 Å². The highest BCUT2D eigenvalue weighted by Gasteiger charge is 2.28. The lowest BCUT2D eigenvalue weighted by Gasteiger charge is -2.30. The van der Waals surface area contributed by atoms with Crippen molar-refractivity contribution in [3.63, 3.8) is 0 Å². The summed E-state index contributed by atoms with van der Waals surface area (Å²) in [6, 6.07) is 15.0. The van der Waals surface area contributed by atoms with Crippen LogP contribution in [0.2, 0.25) is 0 Å². The lowest BCUT2D eigenvalue weighted by atomic mass is 10.1. The minimum absolute atomic E-state index is 0.106. The van der Waals surface area contributed by atoms with E-state index in [1.807, 2.05) is 76.2 Å². The lowest BCUT2D eigenvalue weighted by Crippen LogP contribution is -2.50. The van der Waals surface area contributed by atoms with Crippen molar-refractivity contribution in [1.82, 2.24) is 10.2 Å². The normalized spacial score (nSPS) is 11.6. The van der Waals surface area contributed by atoms with Crippen LogP contribution in [0.15, 0.2) is 48.5 Å². The third-order valence-electron chi connectivity index (χ3n) is 4.52. The van der Waals surface area contributed by atoms with Crippen LogP contribution in [-0.4, -0.2) is 35.9 Å². The van der Waals surface area contributed by atoms with Gasteiger partial charge in [0, 0.05) is 13.1 Å². The van der Waals surface area contributed by atoms with E-state index < -0.39 is 6.04 Å². The molecule has 1 N–H and O–H groups in total. The molecule has 150 valence electrons. The second-order valence-corrected chi connectivity index (χ2v) is 6.93. The first-order chi connectivity index (χ1) is 13.4. The van der Waals surface area contributed by atoms with E-state index in [-0.39, 0.29) is 18.4 Å². The molecule has 1 unspecified atom stereocenters. The Hall–Kier alpha value is -2.82. The van der Waals surface area contributed by atoms with E-state index in [1.54, 1.807) is 4.90 Å². The fourth-order valence-electron chi connectivity index (χ4n) is 3.15. The van der Waals surface area contributed by atoms with Crippen LogP contribution in [0.25, 0.3) is 0 Å². The summed E-state index contributed by atoms with van der Waals surface area (Å²) in [4.78, 5) is 27.2. The summed E-state index contributed by atoms with van der Waals surface area (Å²) in [7, 11) is 0. The molecule has 0 aliphatic carbocycles. The molecule has 0 bridgehead atoms. The summed E-state index contributed by atoms with van der Waals surface area (Å²) >= 11 is 0. The highest BCUT2D eigenvalue weighted by atomic mass is 16.5. The minimum Gasteiger partial charge on any atom is -0.484 e. The number of likely N-dealkylation sites (N-methyl/N-ethyl adjacent to an activating group) is 1. The summed E-state index contributed by atoms with van der Waals surface area (Å²) < 4.78 is 5.70. The average Bonchev–Trinajstić information content (AvgIpc) is 2.66. The Labute approximate surface area is 167 Å². The zero-order valence-electron chi connectivity index (χ0n) is 17.2. The van der Waals surface area contributed by atoms with Crippen LogP contribution in [0, 0.1) is 13.8 Å². The van der Waals surface area contributed by atoms with Crippen molar-refractivity contribution in [2.24, 2.45) is 0 Å². The number of amides is 2. The molecule has 1 atom stereocenters. The molecule has 0 fully saturated rings. The first-order valence-corrected chi connectivity index (χ1v) is 9.76. The highest BCUT2D eigenvalue weighted by molar-refractivity contribution is 5.88. The van der Waals surface area contributed by atoms with Gasteiger partial charge in [-0.25, -0.2) is 0 Å². The van der Waals surface area contributed by atoms with Crippen molar-refractivity contribution >= 4 is 11.8 Å². The Morgan fingerprint density at radius 2 is 1.71 bits per heavy atom. The highest BCUT2D eigenvalue weighted by Crippen LogP contribution is 2.16. The number of carbonyl (C=O) groups excluding carboxylic acids is 2. The summed E-state index contributed by atoms with van der Waals surface area (Å²) in [6.07, 6.45) is 0.536. The molecular weight excluding hydrogens is 352 g/mol. The van der Waals surface area contributed by atoms with Gasteiger partial charge in [-0.1, -0.05) is 48.9 Å². The number of nitrogens with one attached hydrogen (secondary N) is 1. The Kier molecular flexibility index (Phi) is 8.05. The molecular formula is C23H30N2O3. The van der Waals surface area contributed by atoms with Crippen molar-refractivity contribution in [3.8, 4) is 5.75 Å². The molecule has 0 saturated heterocycles. The van der Waals surface area contributed by atoms with E-state index in [2.05, 4.69) is 5.32 Å². The van der Waals surface area contributed by atoms with Crippen LogP contribution in [0.4, 0.5) is 0 Å². The van der Waals surface area contributed by atoms with Crippen molar-refractivity contribution in [1.29, 1.82) is 0 Å². The van der Waals surface area contributed by atoms with Crippen molar-refractivity contribution in [3.05, 3.63) is 65.2 Å². The van der Waals surface area contributed by atoms with Gasteiger partial charge in [-0.3, -0.25) is 9.59 Å². The maximum absolute atomic E-state index is 13.0. The molecule has 0 heterocycles. The molecule has 0 aliphatic rings. The maximum Gasteiger partial charge on any atom is 0.261 e. The molecule has 0 saturated carbocycles. The third kappa shape index (κ3) is 6.12. The topological polar surface area (TPSA) is 58.6 Å². The van der Waals surface area contributed by atoms with E-state index in [1.165, 1.54) is 0 Å². The van der Waals surface area contributed by atoms with E-state index in [0.29, 0.717) is 25.3 Å². The average molecular weight is 383 g/mol. The van der Waals surface area contributed by atoms with Gasteiger partial charge in [-0.15, -0.1) is 0 Å². The molecule has 5 heteroatoms. The first kappa shape index (κ1) is 21.5. The zero-order valence-corrected chi connectivity index (χ0v) is 17.2. The molecule has 0 radical (unpaired) electrons. The maximum atomic E-state index is 13.0. The monoisotopic (exact) mass is 382 g/mol. The predicted octanol–water partition coefficient (Wildman–Crippen LogP) is 3.63. The van der Waals surface area contributed by atoms with Gasteiger partial charge in [-0.2, -0.15) is 0 Å². The first-order valence-electron chi connectivity index (χ1n) is 9.76. The Balaban J connectivity index is 2.19. The van der Waals surface area contributed by atoms with Crippen LogP contribution in [-0.2, 0) is 16.1 Å². The quantitative estimate of drug-likeness (QED) is 0.721. The largest absolute Gasteiger partial charge is 0.484 e. The Morgan fingerprint density at radius 3 is 2.32 bits per heavy atom. The molecule has 2 amide bonds. The van der Waals surface area contributed by atoms with Crippen LogP contribution in [0.1, 0.15) is 37.0 Å². The van der Waals surface area contributed by atoms with Crippen LogP contribution < -0.4 is 10.1 Å². The fourth-order valence-corrected chi connectivity index (χ4v) is 3.15. The molecule has 2 aromatic rings. The number of rotatable bonds is 9. The SMILES string of the molecule is CCNC(=O)C(CC)N(Cc1cccc(C)c1)C(=O)COc1cccc(C)c1. The van der Waals surface area contributed by atoms with Crippen LogP contribution >= 0.6 is 0 Å². The van der Waals surface area contributed by atoms with Gasteiger partial charge in [0.05, 0.1) is 0 Å². The zero-order chi connectivity index (χ0) is 20.5. The number of hydrogen-bond donors (Lipinski definition) is 1. The van der Waals surface area contributed by atoms with Crippen LogP contribution in [0.3, 0.4) is 0 Å². The predicted molar refractivity (Wildman–Crippen MR) is 111 cm³/mol. The van der Waals surface area contributed by atoms with Gasteiger partial charge >= 0.3 is 0 Å². The van der Waals surface area contributed by atoms with E-state index >= 15 is 0 Å². The van der Waals surface area contributed by atoms with Gasteiger partial charge in [0.1, 0.15) is 11.8 Å². The van der Waals surface area contributed by atoms with Gasteiger partial charge in [0.25, 0.3) is 5.91 Å². The second-order valence-electron chi connectivity index (χ2n) is 6.93. The molecule has 28 heavy (non-hydrogen) atoms. The van der Waals surface area contributed by atoms with Gasteiger partial charge in [-0.05, 0) is 50.5 Å². The fraction of sp³-hybridized carbons (Fsp3) is 0.391. The second kappa shape index (κ2) is 10.5. The van der Waals surface area contributed by atoms with E-state index in [4.69, 9.17) is 4.74 Å². The van der Waals surface area contributed by atoms with Gasteiger partial charge < -0.3 is 15.0 Å². The molecule has 0 aliphatic heterocycles. The van der Waals surface area contributed by atoms with Crippen molar-refractivity contribution in [2.75, 3.05) is 13.2 Å². The number of benzene rings is 2. The molecule has 2 aromatic carbocycles. The summed E-state index contributed by atoms with van der Waals surface area (Å²) in [5.74, 6) is 0.303. The smallest absolute Gasteiger partial charge is 0.261 e. The molecule has 0 aromatic heterocycles. The van der Waals surface area contributed by atoms with Gasteiger partial charge in [0.15, 0.2) is 6.61 Å². The number of hydrogen-bond acceptors (Lipinski definition) is 3. The number of aryl methyl sites for hydroxylation is 2. The third-order valence-corrected chi connectivity index (χ3v) is 4.52. The Morgan fingerprint density at radius 1 is 1.04 bits per heavy atom. The summed E-state index contributed by atoms with van der Waals surface area (Å²) in [5.41, 5.74) is 3.17. The number of carbonyl (C=O) groups is 2. The van der Waals surface area contributed by atoms with E-state index in [9.17, 15) is 9.59 Å². The minimum atomic E-state index is -0.533. The summed E-state index contributed by atoms with van der Waals surface area (Å²) in [5, 5.41) is 2.84. The summed E-state index contributed by atoms with van der Waals surface area (Å²) in [6.45, 7) is 8.56. The van der Waals surface area contributed by atoms with Crippen molar-refractivity contribution in [2.45, 2.75) is 46.7 Å². The number of nitrogens with zero attached hydrogens (tertiary/aromatic N) is 1. The standard InChI is InChI=1S/C23H30N2O3/c1-5-21(23(27)24-6-2)25(15-19-11-7-9-17(3)13-19)22(26)16-28-20-12-8-10-18(4)14-20/h7-14,21H,5-6,15-16H2,1-4H3,(H,24,27). The lowest BCUT2D eigenvalue weighted by molar-refractivity contribution is -0.142. The Bertz CT molecular complexity index is 804. The molecule has 2 rings (SSSR count). The van der Waals surface area contributed by atoms with E-state index in [0.717, 1.165) is 16.7 Å². The molecule has 0 spiro atoms. The number of ether oxygens (including phenoxy) is 1. The van der Waals surface area contributed by atoms with Gasteiger partial charge in [0.2, 0.25) is 5.91 Å². The van der Waals surface area contributed by atoms with Crippen molar-refractivity contribution < 1.29 is 14.3 Å². The molecule has 5 nitrogen and oxygen atoms in total.